The maximum absolute atomic E-state index is 6.67. The number of anilines is 2. The zero-order chi connectivity index (χ0) is 43.3. The van der Waals surface area contributed by atoms with Gasteiger partial charge < -0.3 is 18.3 Å². The predicted molar refractivity (Wildman–Crippen MR) is 268 cm³/mol. The lowest BCUT2D eigenvalue weighted by Crippen LogP contribution is -2.43. The molecule has 4 heterocycles. The van der Waals surface area contributed by atoms with Crippen molar-refractivity contribution in [3.8, 4) is 27.9 Å². The van der Waals surface area contributed by atoms with Gasteiger partial charge in [0.25, 0.3) is 0 Å². The van der Waals surface area contributed by atoms with Crippen molar-refractivity contribution in [1.82, 2.24) is 4.57 Å². The van der Waals surface area contributed by atoms with Crippen molar-refractivity contribution >= 4 is 77.8 Å². The van der Waals surface area contributed by atoms with Crippen LogP contribution in [0.25, 0.3) is 94.4 Å². The largest absolute Gasteiger partial charge is 0.456 e. The Morgan fingerprint density at radius 2 is 1.00 bits per heavy atom. The normalized spacial score (nSPS) is 18.2. The Morgan fingerprint density at radius 1 is 0.462 bits per heavy atom. The number of para-hydroxylation sites is 2. The highest BCUT2D eigenvalue weighted by Crippen LogP contribution is 2.61. The van der Waals surface area contributed by atoms with E-state index >= 15 is 0 Å². The van der Waals surface area contributed by atoms with Gasteiger partial charge in [0.2, 0.25) is 0 Å². The van der Waals surface area contributed by atoms with E-state index in [2.05, 4.69) is 208 Å². The second kappa shape index (κ2) is 11.8. The minimum Gasteiger partial charge on any atom is -0.456 e. The average Bonchev–Trinajstić information content (AvgIpc) is 4.12. The summed E-state index contributed by atoms with van der Waals surface area (Å²) in [5.41, 5.74) is 23.7. The van der Waals surface area contributed by atoms with E-state index in [0.29, 0.717) is 0 Å². The maximum atomic E-state index is 6.67. The molecular weight excluding hydrogens is 793 g/mol. The highest BCUT2D eigenvalue weighted by molar-refractivity contribution is 6.23. The Hall–Kier alpha value is -7.56. The number of nitrogens with zero attached hydrogens (tertiary/aromatic N) is 2. The van der Waals surface area contributed by atoms with Gasteiger partial charge in [-0.2, -0.15) is 0 Å². The summed E-state index contributed by atoms with van der Waals surface area (Å²) in [6.45, 7) is 11.9. The molecule has 0 amide bonds. The molecule has 15 rings (SSSR count). The van der Waals surface area contributed by atoms with Gasteiger partial charge in [-0.1, -0.05) is 125 Å². The summed E-state index contributed by atoms with van der Waals surface area (Å²) in [5, 5.41) is 5.92. The van der Waals surface area contributed by atoms with Crippen LogP contribution in [-0.4, -0.2) is 10.1 Å². The van der Waals surface area contributed by atoms with Crippen molar-refractivity contribution in [2.24, 2.45) is 0 Å². The number of aromatic nitrogens is 1. The van der Waals surface area contributed by atoms with Crippen molar-refractivity contribution in [2.75, 3.05) is 4.90 Å². The molecule has 0 fully saturated rings. The highest BCUT2D eigenvalue weighted by Gasteiger charge is 2.50. The Bertz CT molecular complexity index is 4010. The molecule has 0 radical (unpaired) electrons. The van der Waals surface area contributed by atoms with E-state index in [4.69, 9.17) is 8.83 Å². The number of hydrogen-bond donors (Lipinski definition) is 0. The van der Waals surface area contributed by atoms with Crippen molar-refractivity contribution < 1.29 is 8.83 Å². The van der Waals surface area contributed by atoms with E-state index in [-0.39, 0.29) is 10.8 Å². The van der Waals surface area contributed by atoms with Crippen molar-refractivity contribution in [3.63, 3.8) is 0 Å². The summed E-state index contributed by atoms with van der Waals surface area (Å²) < 4.78 is 15.9. The fraction of sp³-hybridized carbons (Fsp3) is 0.148. The molecule has 3 aliphatic carbocycles. The Morgan fingerprint density at radius 3 is 1.68 bits per heavy atom. The van der Waals surface area contributed by atoms with E-state index in [9.17, 15) is 0 Å². The zero-order valence-corrected chi connectivity index (χ0v) is 37.0. The van der Waals surface area contributed by atoms with E-state index in [1.807, 2.05) is 0 Å². The molecule has 8 aromatic carbocycles. The minimum atomic E-state index is -0.467. The van der Waals surface area contributed by atoms with Crippen LogP contribution in [-0.2, 0) is 17.3 Å². The second-order valence-corrected chi connectivity index (χ2v) is 20.2. The monoisotopic (exact) mass is 836 g/mol. The first-order chi connectivity index (χ1) is 31.6. The van der Waals surface area contributed by atoms with Crippen LogP contribution in [0.5, 0.6) is 0 Å². The molecule has 0 spiro atoms. The molecule has 1 atom stereocenters. The molecule has 0 saturated carbocycles. The number of benzene rings is 8. The van der Waals surface area contributed by atoms with Gasteiger partial charge in [-0.3, -0.25) is 0 Å². The molecule has 1 aliphatic heterocycles. The number of rotatable bonds is 2. The van der Waals surface area contributed by atoms with E-state index in [0.717, 1.165) is 45.2 Å². The van der Waals surface area contributed by atoms with Crippen LogP contribution < -0.4 is 4.90 Å². The van der Waals surface area contributed by atoms with Gasteiger partial charge in [-0.05, 0) is 129 Å². The van der Waals surface area contributed by atoms with Gasteiger partial charge in [-0.25, -0.2) is 0 Å². The van der Waals surface area contributed by atoms with Crippen molar-refractivity contribution in [2.45, 2.75) is 57.4 Å². The van der Waals surface area contributed by atoms with Gasteiger partial charge in [0, 0.05) is 61.1 Å². The predicted octanol–water partition coefficient (Wildman–Crippen LogP) is 16.0. The average molecular weight is 837 g/mol. The fourth-order valence-electron chi connectivity index (χ4n) is 13.2. The molecular formula is C61H44N2O2. The third-order valence-corrected chi connectivity index (χ3v) is 16.2. The molecule has 65 heavy (non-hydrogen) atoms. The summed E-state index contributed by atoms with van der Waals surface area (Å²) in [7, 11) is 0. The lowest BCUT2D eigenvalue weighted by molar-refractivity contribution is 0.595. The third kappa shape index (κ3) is 4.29. The van der Waals surface area contributed by atoms with E-state index in [1.54, 1.807) is 0 Å². The first-order valence-electron chi connectivity index (χ1n) is 23.0. The van der Waals surface area contributed by atoms with E-state index in [1.165, 1.54) is 100.0 Å². The van der Waals surface area contributed by atoms with Gasteiger partial charge in [0.1, 0.15) is 22.3 Å². The minimum absolute atomic E-state index is 0.0834. The molecule has 4 aliphatic rings. The molecule has 11 aromatic rings. The zero-order valence-electron chi connectivity index (χ0n) is 37.0. The molecule has 4 heteroatoms. The van der Waals surface area contributed by atoms with Crippen molar-refractivity contribution in [3.05, 3.63) is 197 Å². The molecule has 0 saturated heterocycles. The molecule has 4 nitrogen and oxygen atoms in total. The molecule has 1 unspecified atom stereocenters. The lowest BCUT2D eigenvalue weighted by atomic mass is 9.77. The fourth-order valence-corrected chi connectivity index (χ4v) is 13.2. The number of fused-ring (bicyclic) bond motifs is 20. The third-order valence-electron chi connectivity index (χ3n) is 16.2. The van der Waals surface area contributed by atoms with E-state index < -0.39 is 5.54 Å². The van der Waals surface area contributed by atoms with Gasteiger partial charge >= 0.3 is 0 Å². The SMILES string of the molecule is CC1(C)c2ccccc2-c2cc(N3c4ccc5oc6ccccc6c5c4C4=Cc5c(c6c7c(ccc6n5-c5ccc6c(c5)-c5ccccc5C6(C)C)oc5ccccc57)CC43C)ccc21. The Balaban J connectivity index is 1.06. The number of furan rings is 2. The van der Waals surface area contributed by atoms with Crippen LogP contribution in [0.4, 0.5) is 11.4 Å². The quantitative estimate of drug-likeness (QED) is 0.174. The first kappa shape index (κ1) is 35.9. The number of hydrogen-bond acceptors (Lipinski definition) is 3. The molecule has 3 aromatic heterocycles. The van der Waals surface area contributed by atoms with Gasteiger partial charge in [0.05, 0.1) is 22.4 Å². The highest BCUT2D eigenvalue weighted by atomic mass is 16.3. The van der Waals surface area contributed by atoms with Gasteiger partial charge in [-0.15, -0.1) is 0 Å². The summed E-state index contributed by atoms with van der Waals surface area (Å²) >= 11 is 0. The van der Waals surface area contributed by atoms with Crippen LogP contribution in [0.15, 0.2) is 167 Å². The van der Waals surface area contributed by atoms with Crippen LogP contribution in [0, 0.1) is 0 Å². The maximum Gasteiger partial charge on any atom is 0.136 e. The van der Waals surface area contributed by atoms with Crippen LogP contribution in [0.3, 0.4) is 0 Å². The first-order valence-corrected chi connectivity index (χ1v) is 23.0. The summed E-state index contributed by atoms with van der Waals surface area (Å²) in [4.78, 5) is 2.66. The van der Waals surface area contributed by atoms with Crippen LogP contribution in [0.1, 0.15) is 73.7 Å². The van der Waals surface area contributed by atoms with Gasteiger partial charge in [0.15, 0.2) is 0 Å². The second-order valence-electron chi connectivity index (χ2n) is 20.2. The summed E-state index contributed by atoms with van der Waals surface area (Å²) in [5.74, 6) is 0. The lowest BCUT2D eigenvalue weighted by Gasteiger charge is -2.41. The standard InChI is InChI=1S/C61H44N2O2/c1-59(2)43-18-10-6-14-36(43)40-30-34(22-24-45(40)59)62-48-26-28-53-56(38-16-8-12-20-51(38)64-53)55(48)42-33-61(5)47(32-50(42)62)58-49(27-29-54-57(58)39-17-9-13-21-52(39)65-54)63(61)35-23-25-46-41(31-35)37-15-7-11-19-44(37)60(46,3)4/h6-32H,33H2,1-5H3. The van der Waals surface area contributed by atoms with Crippen LogP contribution >= 0.6 is 0 Å². The van der Waals surface area contributed by atoms with Crippen molar-refractivity contribution in [1.29, 1.82) is 0 Å². The molecule has 0 bridgehead atoms. The molecule has 310 valence electrons. The summed E-state index contributed by atoms with van der Waals surface area (Å²) in [6.07, 6.45) is 3.33. The molecule has 0 N–H and O–H groups in total. The summed E-state index contributed by atoms with van der Waals surface area (Å²) in [6, 6.07) is 58.5. The topological polar surface area (TPSA) is 34.5 Å². The van der Waals surface area contributed by atoms with Crippen LogP contribution in [0.2, 0.25) is 0 Å². The smallest absolute Gasteiger partial charge is 0.136 e. The Labute approximate surface area is 376 Å². The Kier molecular flexibility index (Phi) is 6.49.